The predicted molar refractivity (Wildman–Crippen MR) is 107 cm³/mol. The lowest BCUT2D eigenvalue weighted by Crippen LogP contribution is -2.06. The van der Waals surface area contributed by atoms with Gasteiger partial charge in [0.1, 0.15) is 13.2 Å². The van der Waals surface area contributed by atoms with Crippen LogP contribution in [0.25, 0.3) is 0 Å². The van der Waals surface area contributed by atoms with Crippen molar-refractivity contribution in [3.63, 3.8) is 0 Å². The van der Waals surface area contributed by atoms with E-state index in [0.29, 0.717) is 37.6 Å². The van der Waals surface area contributed by atoms with Crippen molar-refractivity contribution >= 4 is 33.5 Å². The van der Waals surface area contributed by atoms with Crippen LogP contribution in [0.15, 0.2) is 60.7 Å². The van der Waals surface area contributed by atoms with Gasteiger partial charge in [0.05, 0.1) is 12.8 Å². The zero-order valence-electron chi connectivity index (χ0n) is 14.5. The third-order valence-electron chi connectivity index (χ3n) is 3.35. The molecule has 2 rings (SSSR count). The van der Waals surface area contributed by atoms with Crippen molar-refractivity contribution in [3.8, 4) is 0 Å². The molecule has 0 aliphatic carbocycles. The molecule has 0 fully saturated rings. The summed E-state index contributed by atoms with van der Waals surface area (Å²) in [6.45, 7) is 0.621. The van der Waals surface area contributed by atoms with E-state index >= 15 is 0 Å². The number of hydrogen-bond donors (Lipinski definition) is 0. The standard InChI is InChI=1S/C20H22O4S2/c21-19(23-15-17-7-3-1-4-8-17)11-13-25-26-14-12-20(22)24-16-18-9-5-2-6-10-18/h1-10H,11-16H2. The normalized spacial score (nSPS) is 10.3. The fourth-order valence-electron chi connectivity index (χ4n) is 1.99. The highest BCUT2D eigenvalue weighted by Crippen LogP contribution is 2.23. The van der Waals surface area contributed by atoms with E-state index in [4.69, 9.17) is 9.47 Å². The van der Waals surface area contributed by atoms with Crippen molar-refractivity contribution in [2.75, 3.05) is 11.5 Å². The summed E-state index contributed by atoms with van der Waals surface area (Å²) in [5.74, 6) is 0.919. The number of benzene rings is 2. The van der Waals surface area contributed by atoms with Gasteiger partial charge in [-0.25, -0.2) is 0 Å². The summed E-state index contributed by atoms with van der Waals surface area (Å²) in [5.41, 5.74) is 1.97. The number of ether oxygens (including phenoxy) is 2. The minimum Gasteiger partial charge on any atom is -0.461 e. The summed E-state index contributed by atoms with van der Waals surface area (Å²) in [5, 5.41) is 0. The average Bonchev–Trinajstić information content (AvgIpc) is 2.69. The smallest absolute Gasteiger partial charge is 0.306 e. The Kier molecular flexibility index (Phi) is 9.75. The topological polar surface area (TPSA) is 52.6 Å². The van der Waals surface area contributed by atoms with Gasteiger partial charge in [-0.2, -0.15) is 0 Å². The van der Waals surface area contributed by atoms with E-state index < -0.39 is 0 Å². The van der Waals surface area contributed by atoms with Crippen LogP contribution in [0.1, 0.15) is 24.0 Å². The Morgan fingerprint density at radius 3 is 1.42 bits per heavy atom. The Morgan fingerprint density at radius 1 is 0.654 bits per heavy atom. The molecule has 0 unspecified atom stereocenters. The molecule has 2 aromatic rings. The van der Waals surface area contributed by atoms with Gasteiger partial charge in [0.15, 0.2) is 0 Å². The summed E-state index contributed by atoms with van der Waals surface area (Å²) in [4.78, 5) is 23.3. The zero-order chi connectivity index (χ0) is 18.5. The fourth-order valence-corrected chi connectivity index (χ4v) is 3.93. The van der Waals surface area contributed by atoms with Crippen LogP contribution in [0.4, 0.5) is 0 Å². The molecule has 26 heavy (non-hydrogen) atoms. The Balaban J connectivity index is 1.45. The first-order valence-corrected chi connectivity index (χ1v) is 10.9. The molecular weight excluding hydrogens is 368 g/mol. The van der Waals surface area contributed by atoms with Crippen molar-refractivity contribution < 1.29 is 19.1 Å². The molecule has 0 spiro atoms. The summed E-state index contributed by atoms with van der Waals surface area (Å²) < 4.78 is 10.4. The summed E-state index contributed by atoms with van der Waals surface area (Å²) in [7, 11) is 3.14. The van der Waals surface area contributed by atoms with Gasteiger partial charge in [-0.15, -0.1) is 0 Å². The Hall–Kier alpha value is -1.92. The van der Waals surface area contributed by atoms with Crippen molar-refractivity contribution in [2.24, 2.45) is 0 Å². The van der Waals surface area contributed by atoms with Crippen LogP contribution < -0.4 is 0 Å². The maximum Gasteiger partial charge on any atom is 0.306 e. The number of hydrogen-bond acceptors (Lipinski definition) is 6. The first-order chi connectivity index (χ1) is 12.7. The van der Waals surface area contributed by atoms with Crippen molar-refractivity contribution in [2.45, 2.75) is 26.1 Å². The SMILES string of the molecule is O=C(CCSSCCC(=O)OCc1ccccc1)OCc1ccccc1. The van der Waals surface area contributed by atoms with Crippen LogP contribution >= 0.6 is 21.6 Å². The maximum absolute atomic E-state index is 11.7. The van der Waals surface area contributed by atoms with Gasteiger partial charge < -0.3 is 9.47 Å². The van der Waals surface area contributed by atoms with Gasteiger partial charge in [0.25, 0.3) is 0 Å². The van der Waals surface area contributed by atoms with Crippen LogP contribution in [0, 0.1) is 0 Å². The monoisotopic (exact) mass is 390 g/mol. The Labute approximate surface area is 162 Å². The summed E-state index contributed by atoms with van der Waals surface area (Å²) in [6.07, 6.45) is 0.728. The van der Waals surface area contributed by atoms with E-state index in [1.165, 1.54) is 0 Å². The van der Waals surface area contributed by atoms with Gasteiger partial charge in [0.2, 0.25) is 0 Å². The molecule has 138 valence electrons. The third kappa shape index (κ3) is 8.97. The molecule has 0 aliphatic rings. The number of carbonyl (C=O) groups excluding carboxylic acids is 2. The van der Waals surface area contributed by atoms with Gasteiger partial charge >= 0.3 is 11.9 Å². The van der Waals surface area contributed by atoms with Gasteiger partial charge in [-0.05, 0) is 11.1 Å². The molecule has 0 aromatic heterocycles. The van der Waals surface area contributed by atoms with Crippen molar-refractivity contribution in [3.05, 3.63) is 71.8 Å². The molecule has 2 aromatic carbocycles. The summed E-state index contributed by atoms with van der Waals surface area (Å²) in [6, 6.07) is 19.2. The minimum atomic E-state index is -0.204. The molecule has 0 saturated heterocycles. The van der Waals surface area contributed by atoms with E-state index in [2.05, 4.69) is 0 Å². The zero-order valence-corrected chi connectivity index (χ0v) is 16.1. The molecule has 0 atom stereocenters. The first kappa shape index (κ1) is 20.4. The van der Waals surface area contributed by atoms with Crippen molar-refractivity contribution in [1.82, 2.24) is 0 Å². The van der Waals surface area contributed by atoms with E-state index in [1.807, 2.05) is 60.7 Å². The second-order valence-electron chi connectivity index (χ2n) is 5.44. The van der Waals surface area contributed by atoms with Crippen molar-refractivity contribution in [1.29, 1.82) is 0 Å². The molecule has 0 bridgehead atoms. The molecule has 0 N–H and O–H groups in total. The highest BCUT2D eigenvalue weighted by molar-refractivity contribution is 8.76. The molecule has 4 nitrogen and oxygen atoms in total. The molecule has 6 heteroatoms. The second-order valence-corrected chi connectivity index (χ2v) is 8.14. The molecule has 0 amide bonds. The predicted octanol–water partition coefficient (Wildman–Crippen LogP) is 4.63. The molecule has 0 heterocycles. The quantitative estimate of drug-likeness (QED) is 0.317. The molecule has 0 saturated carbocycles. The van der Waals surface area contributed by atoms with Gasteiger partial charge in [-0.3, -0.25) is 9.59 Å². The van der Waals surface area contributed by atoms with Crippen LogP contribution in [0.2, 0.25) is 0 Å². The fraction of sp³-hybridized carbons (Fsp3) is 0.300. The number of carbonyl (C=O) groups is 2. The molecule has 0 radical (unpaired) electrons. The van der Waals surface area contributed by atoms with E-state index in [1.54, 1.807) is 21.6 Å². The highest BCUT2D eigenvalue weighted by atomic mass is 33.1. The van der Waals surface area contributed by atoms with Crippen LogP contribution in [0.3, 0.4) is 0 Å². The third-order valence-corrected chi connectivity index (χ3v) is 5.76. The lowest BCUT2D eigenvalue weighted by atomic mass is 10.2. The average molecular weight is 391 g/mol. The lowest BCUT2D eigenvalue weighted by Gasteiger charge is -2.05. The van der Waals surface area contributed by atoms with Crippen LogP contribution in [0.5, 0.6) is 0 Å². The lowest BCUT2D eigenvalue weighted by molar-refractivity contribution is -0.145. The Morgan fingerprint density at radius 2 is 1.04 bits per heavy atom. The van der Waals surface area contributed by atoms with E-state index in [-0.39, 0.29) is 11.9 Å². The largest absolute Gasteiger partial charge is 0.461 e. The highest BCUT2D eigenvalue weighted by Gasteiger charge is 2.06. The Bertz CT molecular complexity index is 603. The second kappa shape index (κ2) is 12.4. The van der Waals surface area contributed by atoms with Gasteiger partial charge in [-0.1, -0.05) is 82.3 Å². The molecule has 0 aliphatic heterocycles. The van der Waals surface area contributed by atoms with Crippen LogP contribution in [-0.2, 0) is 32.3 Å². The summed E-state index contributed by atoms with van der Waals surface area (Å²) >= 11 is 0. The van der Waals surface area contributed by atoms with Crippen LogP contribution in [-0.4, -0.2) is 23.4 Å². The molecular formula is C20H22O4S2. The number of rotatable bonds is 11. The first-order valence-electron chi connectivity index (χ1n) is 8.37. The minimum absolute atomic E-state index is 0.204. The van der Waals surface area contributed by atoms with Gasteiger partial charge in [0, 0.05) is 11.5 Å². The van der Waals surface area contributed by atoms with E-state index in [9.17, 15) is 9.59 Å². The van der Waals surface area contributed by atoms with E-state index in [0.717, 1.165) is 11.1 Å². The number of esters is 2. The maximum atomic E-state index is 11.7.